The van der Waals surface area contributed by atoms with Crippen LogP contribution in [0.25, 0.3) is 22.5 Å². The Labute approximate surface area is 142 Å². The van der Waals surface area contributed by atoms with Gasteiger partial charge in [0.25, 0.3) is 0 Å². The highest BCUT2D eigenvalue weighted by Gasteiger charge is 2.15. The molecule has 2 aromatic carbocycles. The maximum atomic E-state index is 7.84. The summed E-state index contributed by atoms with van der Waals surface area (Å²) in [6.07, 6.45) is 3.67. The first kappa shape index (κ1) is 12.0. The molecule has 0 aliphatic heterocycles. The second-order valence-corrected chi connectivity index (χ2v) is 6.67. The first-order valence-electron chi connectivity index (χ1n) is 9.19. The van der Waals surface area contributed by atoms with Gasteiger partial charge in [-0.05, 0) is 40.6 Å². The molecular weight excluding hydrogens is 280 g/mol. The Balaban J connectivity index is 2.10. The maximum absolute atomic E-state index is 7.84. The minimum atomic E-state index is -2.18. The molecule has 0 saturated heterocycles. The van der Waals surface area contributed by atoms with Crippen LogP contribution >= 0.6 is 0 Å². The Bertz CT molecular complexity index is 893. The van der Waals surface area contributed by atoms with E-state index in [0.29, 0.717) is 17.0 Å². The molecule has 0 bridgehead atoms. The van der Waals surface area contributed by atoms with Gasteiger partial charge in [-0.3, -0.25) is 0 Å². The van der Waals surface area contributed by atoms with E-state index < -0.39 is 6.85 Å². The monoisotopic (exact) mass is 305 g/mol. The number of hydrogen-bond acceptors (Lipinski definition) is 2. The van der Waals surface area contributed by atoms with Gasteiger partial charge >= 0.3 is 0 Å². The predicted molar refractivity (Wildman–Crippen MR) is 96.3 cm³/mol. The Morgan fingerprint density at radius 3 is 2.17 bits per heavy atom. The van der Waals surface area contributed by atoms with Gasteiger partial charge in [0.15, 0.2) is 5.82 Å². The average Bonchev–Trinajstić information content (AvgIpc) is 2.60. The summed E-state index contributed by atoms with van der Waals surface area (Å²) in [7, 11) is 0. The Morgan fingerprint density at radius 2 is 1.57 bits per heavy atom. The highest BCUT2D eigenvalue weighted by atomic mass is 14.9. The van der Waals surface area contributed by atoms with Gasteiger partial charge in [0.2, 0.25) is 0 Å². The van der Waals surface area contributed by atoms with Crippen LogP contribution in [0.2, 0.25) is 0 Å². The summed E-state index contributed by atoms with van der Waals surface area (Å²) in [5.74, 6) is 0.590. The summed E-state index contributed by atoms with van der Waals surface area (Å²) in [6, 6.07) is 14.8. The van der Waals surface area contributed by atoms with Gasteiger partial charge in [0, 0.05) is 22.1 Å². The van der Waals surface area contributed by atoms with Crippen LogP contribution in [-0.2, 0) is 5.41 Å². The number of aryl methyl sites for hydroxylation is 1. The molecule has 0 aliphatic carbocycles. The lowest BCUT2D eigenvalue weighted by atomic mass is 9.89. The number of hydrogen-bond donors (Lipinski definition) is 0. The fourth-order valence-corrected chi connectivity index (χ4v) is 2.40. The quantitative estimate of drug-likeness (QED) is 0.632. The van der Waals surface area contributed by atoms with Crippen molar-refractivity contribution in [2.75, 3.05) is 0 Å². The summed E-state index contributed by atoms with van der Waals surface area (Å²) in [6.45, 7) is 4.17. The number of rotatable bonds is 2. The first-order valence-corrected chi connectivity index (χ1v) is 7.69. The molecule has 2 nitrogen and oxygen atoms in total. The standard InChI is InChI=1S/C21H22N2/c1-15-10-11-17(12-19(15)16-8-6-5-7-9-16)20-22-13-18(14-23-20)21(2,3)4/h5-14H,1-4H3/i1D3. The van der Waals surface area contributed by atoms with E-state index in [1.54, 1.807) is 12.1 Å². The van der Waals surface area contributed by atoms with Gasteiger partial charge in [0.05, 0.1) is 0 Å². The fraction of sp³-hybridized carbons (Fsp3) is 0.238. The van der Waals surface area contributed by atoms with Crippen molar-refractivity contribution in [3.05, 3.63) is 72.1 Å². The SMILES string of the molecule is [2H]C([2H])([2H])c1ccc(-c2ncc(C(C)(C)C)cn2)cc1-c1ccccc1. The topological polar surface area (TPSA) is 25.8 Å². The largest absolute Gasteiger partial charge is 0.236 e. The smallest absolute Gasteiger partial charge is 0.159 e. The van der Waals surface area contributed by atoms with Crippen LogP contribution in [0.1, 0.15) is 36.0 Å². The van der Waals surface area contributed by atoms with E-state index in [0.717, 1.165) is 16.7 Å². The Morgan fingerprint density at radius 1 is 0.870 bits per heavy atom. The van der Waals surface area contributed by atoms with E-state index in [1.165, 1.54) is 0 Å². The maximum Gasteiger partial charge on any atom is 0.159 e. The average molecular weight is 305 g/mol. The number of aromatic nitrogens is 2. The molecule has 116 valence electrons. The predicted octanol–water partition coefficient (Wildman–Crippen LogP) is 5.42. The van der Waals surface area contributed by atoms with Crippen LogP contribution in [-0.4, -0.2) is 9.97 Å². The minimum Gasteiger partial charge on any atom is -0.236 e. The van der Waals surface area contributed by atoms with Crippen LogP contribution in [0, 0.1) is 6.85 Å². The van der Waals surface area contributed by atoms with Crippen molar-refractivity contribution in [3.63, 3.8) is 0 Å². The van der Waals surface area contributed by atoms with Crippen molar-refractivity contribution >= 4 is 0 Å². The normalized spacial score (nSPS) is 14.0. The Kier molecular flexibility index (Phi) is 3.11. The summed E-state index contributed by atoms with van der Waals surface area (Å²) in [5.41, 5.74) is 3.73. The van der Waals surface area contributed by atoms with Crippen molar-refractivity contribution in [2.24, 2.45) is 0 Å². The third kappa shape index (κ3) is 3.31. The molecule has 0 saturated carbocycles. The highest BCUT2D eigenvalue weighted by molar-refractivity contribution is 5.73. The third-order valence-electron chi connectivity index (χ3n) is 3.88. The Hall–Kier alpha value is -2.48. The van der Waals surface area contributed by atoms with Crippen LogP contribution in [0.15, 0.2) is 60.9 Å². The van der Waals surface area contributed by atoms with Gasteiger partial charge in [-0.25, -0.2) is 9.97 Å². The zero-order valence-corrected chi connectivity index (χ0v) is 13.7. The molecule has 0 unspecified atom stereocenters. The summed E-state index contributed by atoms with van der Waals surface area (Å²) < 4.78 is 23.5. The lowest BCUT2D eigenvalue weighted by molar-refractivity contribution is 0.584. The third-order valence-corrected chi connectivity index (χ3v) is 3.88. The van der Waals surface area contributed by atoms with Crippen molar-refractivity contribution in [1.82, 2.24) is 9.97 Å². The molecule has 0 spiro atoms. The zero-order valence-electron chi connectivity index (χ0n) is 16.7. The first-order chi connectivity index (χ1) is 12.2. The van der Waals surface area contributed by atoms with Crippen molar-refractivity contribution in [1.29, 1.82) is 0 Å². The lowest BCUT2D eigenvalue weighted by Crippen LogP contribution is -2.12. The van der Waals surface area contributed by atoms with E-state index in [-0.39, 0.29) is 5.41 Å². The molecule has 1 aromatic heterocycles. The van der Waals surface area contributed by atoms with Crippen molar-refractivity contribution in [2.45, 2.75) is 33.0 Å². The van der Waals surface area contributed by atoms with E-state index in [1.807, 2.05) is 48.8 Å². The molecule has 3 aromatic rings. The summed E-state index contributed by atoms with van der Waals surface area (Å²) >= 11 is 0. The van der Waals surface area contributed by atoms with Gasteiger partial charge in [-0.2, -0.15) is 0 Å². The van der Waals surface area contributed by atoms with Gasteiger partial charge in [0.1, 0.15) is 0 Å². The number of benzene rings is 2. The highest BCUT2D eigenvalue weighted by Crippen LogP contribution is 2.28. The van der Waals surface area contributed by atoms with Crippen molar-refractivity contribution < 1.29 is 4.11 Å². The molecular formula is C21H22N2. The van der Waals surface area contributed by atoms with Gasteiger partial charge < -0.3 is 0 Å². The molecule has 0 radical (unpaired) electrons. The van der Waals surface area contributed by atoms with Crippen LogP contribution in [0.4, 0.5) is 0 Å². The molecule has 0 N–H and O–H groups in total. The minimum absolute atomic E-state index is 0.0150. The summed E-state index contributed by atoms with van der Waals surface area (Å²) in [4.78, 5) is 8.98. The van der Waals surface area contributed by atoms with Gasteiger partial charge in [-0.15, -0.1) is 0 Å². The number of nitrogens with zero attached hydrogens (tertiary/aromatic N) is 2. The van der Waals surface area contributed by atoms with E-state index in [9.17, 15) is 0 Å². The molecule has 0 aliphatic rings. The lowest BCUT2D eigenvalue weighted by Gasteiger charge is -2.18. The van der Waals surface area contributed by atoms with Crippen LogP contribution in [0.3, 0.4) is 0 Å². The molecule has 2 heteroatoms. The van der Waals surface area contributed by atoms with E-state index >= 15 is 0 Å². The van der Waals surface area contributed by atoms with Crippen LogP contribution < -0.4 is 0 Å². The summed E-state index contributed by atoms with van der Waals surface area (Å²) in [5, 5.41) is 0. The second kappa shape index (κ2) is 5.96. The van der Waals surface area contributed by atoms with E-state index in [2.05, 4.69) is 30.7 Å². The van der Waals surface area contributed by atoms with Crippen molar-refractivity contribution in [3.8, 4) is 22.5 Å². The molecule has 0 fully saturated rings. The molecule has 3 rings (SSSR count). The van der Waals surface area contributed by atoms with Gasteiger partial charge in [-0.1, -0.05) is 63.2 Å². The van der Waals surface area contributed by atoms with E-state index in [4.69, 9.17) is 4.11 Å². The molecule has 0 amide bonds. The molecule has 0 atom stereocenters. The molecule has 1 heterocycles. The second-order valence-electron chi connectivity index (χ2n) is 6.67. The van der Waals surface area contributed by atoms with Crippen LogP contribution in [0.5, 0.6) is 0 Å². The zero-order chi connectivity index (χ0) is 18.9. The molecule has 23 heavy (non-hydrogen) atoms. The fourth-order valence-electron chi connectivity index (χ4n) is 2.40.